The lowest BCUT2D eigenvalue weighted by molar-refractivity contribution is 0.415. The molecule has 0 aliphatic heterocycles. The SMILES string of the molecule is COc1cc(NCCc2ccc(Br)s2)ccc1-c1cnco1. The molecule has 2 aromatic heterocycles. The third kappa shape index (κ3) is 3.51. The lowest BCUT2D eigenvalue weighted by Crippen LogP contribution is -2.04. The average Bonchev–Trinajstić information content (AvgIpc) is 3.19. The Kier molecular flexibility index (Phi) is 4.80. The Hall–Kier alpha value is -1.79. The summed E-state index contributed by atoms with van der Waals surface area (Å²) in [6.07, 6.45) is 4.09. The van der Waals surface area contributed by atoms with Gasteiger partial charge in [-0.05, 0) is 46.6 Å². The molecule has 0 amide bonds. The number of halogens is 1. The van der Waals surface area contributed by atoms with Crippen molar-refractivity contribution in [1.29, 1.82) is 0 Å². The summed E-state index contributed by atoms with van der Waals surface area (Å²) >= 11 is 5.25. The first kappa shape index (κ1) is 15.1. The molecule has 0 bridgehead atoms. The largest absolute Gasteiger partial charge is 0.496 e. The molecule has 0 aliphatic carbocycles. The van der Waals surface area contributed by atoms with E-state index >= 15 is 0 Å². The van der Waals surface area contributed by atoms with Crippen LogP contribution in [-0.4, -0.2) is 18.6 Å². The molecular formula is C16H15BrN2O2S. The van der Waals surface area contributed by atoms with Gasteiger partial charge in [-0.3, -0.25) is 0 Å². The van der Waals surface area contributed by atoms with Gasteiger partial charge in [-0.2, -0.15) is 0 Å². The van der Waals surface area contributed by atoms with Gasteiger partial charge in [0.25, 0.3) is 0 Å². The van der Waals surface area contributed by atoms with Crippen LogP contribution in [0.4, 0.5) is 5.69 Å². The van der Waals surface area contributed by atoms with Gasteiger partial charge >= 0.3 is 0 Å². The molecule has 0 aliphatic rings. The Balaban J connectivity index is 1.67. The van der Waals surface area contributed by atoms with E-state index in [0.29, 0.717) is 5.76 Å². The smallest absolute Gasteiger partial charge is 0.181 e. The van der Waals surface area contributed by atoms with E-state index in [0.717, 1.165) is 30.0 Å². The molecule has 0 fully saturated rings. The topological polar surface area (TPSA) is 47.3 Å². The van der Waals surface area contributed by atoms with E-state index in [9.17, 15) is 0 Å². The summed E-state index contributed by atoms with van der Waals surface area (Å²) in [6, 6.07) is 10.2. The highest BCUT2D eigenvalue weighted by Gasteiger charge is 2.09. The summed E-state index contributed by atoms with van der Waals surface area (Å²) < 4.78 is 11.9. The zero-order valence-corrected chi connectivity index (χ0v) is 14.4. The fourth-order valence-electron chi connectivity index (χ4n) is 2.17. The van der Waals surface area contributed by atoms with Gasteiger partial charge in [-0.25, -0.2) is 4.98 Å². The third-order valence-corrected chi connectivity index (χ3v) is 4.91. The standard InChI is InChI=1S/C16H15BrN2O2S/c1-20-14-8-11(2-4-13(14)15-9-18-10-21-15)19-7-6-12-3-5-16(17)22-12/h2-5,8-10,19H,6-7H2,1H3. The number of methoxy groups -OCH3 is 1. The molecule has 1 aromatic carbocycles. The van der Waals surface area contributed by atoms with Crippen molar-refractivity contribution in [2.75, 3.05) is 19.0 Å². The van der Waals surface area contributed by atoms with Crippen molar-refractivity contribution in [1.82, 2.24) is 4.98 Å². The molecule has 0 spiro atoms. The van der Waals surface area contributed by atoms with E-state index in [2.05, 4.69) is 38.4 Å². The van der Waals surface area contributed by atoms with Gasteiger partial charge < -0.3 is 14.5 Å². The fraction of sp³-hybridized carbons (Fsp3) is 0.188. The second-order valence-electron chi connectivity index (χ2n) is 4.66. The zero-order valence-electron chi connectivity index (χ0n) is 12.0. The number of aromatic nitrogens is 1. The molecule has 6 heteroatoms. The number of ether oxygens (including phenoxy) is 1. The average molecular weight is 379 g/mol. The van der Waals surface area contributed by atoms with Gasteiger partial charge in [0.2, 0.25) is 0 Å². The summed E-state index contributed by atoms with van der Waals surface area (Å²) in [7, 11) is 1.65. The third-order valence-electron chi connectivity index (χ3n) is 3.23. The molecule has 0 saturated carbocycles. The maximum Gasteiger partial charge on any atom is 0.181 e. The van der Waals surface area contributed by atoms with E-state index in [-0.39, 0.29) is 0 Å². The van der Waals surface area contributed by atoms with Crippen molar-refractivity contribution in [3.8, 4) is 17.1 Å². The maximum absolute atomic E-state index is 5.45. The number of nitrogens with zero attached hydrogens (tertiary/aromatic N) is 1. The summed E-state index contributed by atoms with van der Waals surface area (Å²) in [5.74, 6) is 1.47. The van der Waals surface area contributed by atoms with Crippen molar-refractivity contribution >= 4 is 33.0 Å². The first-order chi connectivity index (χ1) is 10.8. The van der Waals surface area contributed by atoms with Crippen LogP contribution in [0.1, 0.15) is 4.88 Å². The molecule has 114 valence electrons. The highest BCUT2D eigenvalue weighted by atomic mass is 79.9. The van der Waals surface area contributed by atoms with Crippen molar-refractivity contribution in [2.24, 2.45) is 0 Å². The Bertz CT molecular complexity index is 740. The molecule has 1 N–H and O–H groups in total. The number of hydrogen-bond acceptors (Lipinski definition) is 5. The van der Waals surface area contributed by atoms with Crippen LogP contribution in [0.25, 0.3) is 11.3 Å². The van der Waals surface area contributed by atoms with Crippen LogP contribution >= 0.6 is 27.3 Å². The van der Waals surface area contributed by atoms with Crippen molar-refractivity contribution < 1.29 is 9.15 Å². The van der Waals surface area contributed by atoms with Crippen molar-refractivity contribution in [3.63, 3.8) is 0 Å². The lowest BCUT2D eigenvalue weighted by Gasteiger charge is -2.10. The molecule has 0 radical (unpaired) electrons. The summed E-state index contributed by atoms with van der Waals surface area (Å²) in [6.45, 7) is 0.873. The number of benzene rings is 1. The molecule has 2 heterocycles. The first-order valence-electron chi connectivity index (χ1n) is 6.81. The molecule has 0 atom stereocenters. The van der Waals surface area contributed by atoms with Crippen LogP contribution in [0.15, 0.2) is 51.1 Å². The lowest BCUT2D eigenvalue weighted by atomic mass is 10.1. The predicted octanol–water partition coefficient (Wildman–Crippen LogP) is 4.83. The normalized spacial score (nSPS) is 10.6. The second-order valence-corrected chi connectivity index (χ2v) is 7.21. The second kappa shape index (κ2) is 6.98. The molecular weight excluding hydrogens is 364 g/mol. The highest BCUT2D eigenvalue weighted by Crippen LogP contribution is 2.32. The van der Waals surface area contributed by atoms with Crippen molar-refractivity contribution in [2.45, 2.75) is 6.42 Å². The Labute approximate surface area is 141 Å². The van der Waals surface area contributed by atoms with Gasteiger partial charge in [-0.1, -0.05) is 0 Å². The van der Waals surface area contributed by atoms with Crippen LogP contribution in [0.5, 0.6) is 5.75 Å². The first-order valence-corrected chi connectivity index (χ1v) is 8.42. The van der Waals surface area contributed by atoms with E-state index in [4.69, 9.17) is 9.15 Å². The van der Waals surface area contributed by atoms with Crippen LogP contribution in [0.3, 0.4) is 0 Å². The summed E-state index contributed by atoms with van der Waals surface area (Å²) in [4.78, 5) is 5.29. The number of hydrogen-bond donors (Lipinski definition) is 1. The molecule has 4 nitrogen and oxygen atoms in total. The minimum atomic E-state index is 0.701. The molecule has 22 heavy (non-hydrogen) atoms. The van der Waals surface area contributed by atoms with Crippen LogP contribution < -0.4 is 10.1 Å². The van der Waals surface area contributed by atoms with Gasteiger partial charge in [-0.15, -0.1) is 11.3 Å². The van der Waals surface area contributed by atoms with Gasteiger partial charge in [0.05, 0.1) is 22.7 Å². The molecule has 3 aromatic rings. The Morgan fingerprint density at radius 1 is 1.32 bits per heavy atom. The van der Waals surface area contributed by atoms with Gasteiger partial charge in [0.1, 0.15) is 5.75 Å². The fourth-order valence-corrected chi connectivity index (χ4v) is 3.65. The number of nitrogens with one attached hydrogen (secondary N) is 1. The Morgan fingerprint density at radius 3 is 2.91 bits per heavy atom. The van der Waals surface area contributed by atoms with Crippen molar-refractivity contribution in [3.05, 3.63) is 51.6 Å². The number of rotatable bonds is 6. The van der Waals surface area contributed by atoms with Gasteiger partial charge in [0.15, 0.2) is 12.2 Å². The van der Waals surface area contributed by atoms with E-state index in [1.807, 2.05) is 18.2 Å². The maximum atomic E-state index is 5.45. The van der Waals surface area contributed by atoms with Crippen LogP contribution in [0, 0.1) is 0 Å². The highest BCUT2D eigenvalue weighted by molar-refractivity contribution is 9.11. The molecule has 0 unspecified atom stereocenters. The number of anilines is 1. The quantitative estimate of drug-likeness (QED) is 0.667. The number of thiophene rings is 1. The van der Waals surface area contributed by atoms with E-state index in [1.54, 1.807) is 24.6 Å². The summed E-state index contributed by atoms with van der Waals surface area (Å²) in [5.41, 5.74) is 1.92. The zero-order chi connectivity index (χ0) is 15.4. The molecule has 0 saturated heterocycles. The Morgan fingerprint density at radius 2 is 2.23 bits per heavy atom. The summed E-state index contributed by atoms with van der Waals surface area (Å²) in [5, 5.41) is 3.41. The van der Waals surface area contributed by atoms with E-state index < -0.39 is 0 Å². The van der Waals surface area contributed by atoms with E-state index in [1.165, 1.54) is 15.1 Å². The minimum absolute atomic E-state index is 0.701. The van der Waals surface area contributed by atoms with Crippen LogP contribution in [-0.2, 0) is 6.42 Å². The van der Waals surface area contributed by atoms with Gasteiger partial charge in [0, 0.05) is 23.2 Å². The monoisotopic (exact) mass is 378 g/mol. The van der Waals surface area contributed by atoms with Crippen LogP contribution in [0.2, 0.25) is 0 Å². The minimum Gasteiger partial charge on any atom is -0.496 e. The number of oxazole rings is 1. The predicted molar refractivity (Wildman–Crippen MR) is 92.7 cm³/mol. The molecule has 3 rings (SSSR count).